The van der Waals surface area contributed by atoms with E-state index < -0.39 is 5.97 Å². The highest BCUT2D eigenvalue weighted by Crippen LogP contribution is 2.08. The molecule has 0 aliphatic heterocycles. The van der Waals surface area contributed by atoms with Crippen molar-refractivity contribution in [3.63, 3.8) is 0 Å². The summed E-state index contributed by atoms with van der Waals surface area (Å²) in [5.41, 5.74) is -0.0000940. The molecule has 8 heteroatoms. The lowest BCUT2D eigenvalue weighted by atomic mass is 10.4. The number of rotatable bonds is 6. The summed E-state index contributed by atoms with van der Waals surface area (Å²) < 4.78 is 4.62. The molecule has 0 fully saturated rings. The molecule has 0 atom stereocenters. The minimum Gasteiger partial charge on any atom is -0.463 e. The summed E-state index contributed by atoms with van der Waals surface area (Å²) in [5, 5.41) is 12.0. The molecule has 1 aromatic rings. The van der Waals surface area contributed by atoms with Crippen molar-refractivity contribution in [1.29, 1.82) is 0 Å². The van der Waals surface area contributed by atoms with E-state index in [2.05, 4.69) is 24.9 Å². The molecule has 0 radical (unpaired) electrons. The van der Waals surface area contributed by atoms with Crippen molar-refractivity contribution < 1.29 is 19.2 Å². The Kier molecular flexibility index (Phi) is 5.21. The Hall–Kier alpha value is -1.83. The van der Waals surface area contributed by atoms with Gasteiger partial charge in [0.05, 0.1) is 6.61 Å². The summed E-state index contributed by atoms with van der Waals surface area (Å²) in [5.74, 6) is -0.546. The van der Waals surface area contributed by atoms with Crippen LogP contribution in [0.2, 0.25) is 0 Å². The first kappa shape index (κ1) is 13.2. The van der Waals surface area contributed by atoms with E-state index in [1.165, 1.54) is 11.3 Å². The van der Waals surface area contributed by atoms with E-state index in [-0.39, 0.29) is 18.9 Å². The highest BCUT2D eigenvalue weighted by Gasteiger charge is 2.10. The van der Waals surface area contributed by atoms with Crippen LogP contribution in [-0.2, 0) is 19.2 Å². The van der Waals surface area contributed by atoms with Crippen LogP contribution in [0.3, 0.4) is 0 Å². The lowest BCUT2D eigenvalue weighted by Gasteiger charge is -1.99. The van der Waals surface area contributed by atoms with Crippen LogP contribution in [0.25, 0.3) is 0 Å². The van der Waals surface area contributed by atoms with Crippen LogP contribution in [0.4, 0.5) is 0 Å². The van der Waals surface area contributed by atoms with Gasteiger partial charge in [0.15, 0.2) is 17.0 Å². The number of oxime groups is 1. The maximum Gasteiger partial charge on any atom is 0.347 e. The summed E-state index contributed by atoms with van der Waals surface area (Å²) in [6, 6.07) is 0. The van der Waals surface area contributed by atoms with Gasteiger partial charge in [-0.2, -0.15) is 0 Å². The highest BCUT2D eigenvalue weighted by atomic mass is 32.1. The third-order valence-electron chi connectivity index (χ3n) is 1.51. The van der Waals surface area contributed by atoms with Gasteiger partial charge in [-0.25, -0.2) is 4.79 Å². The predicted octanol–water partition coefficient (Wildman–Crippen LogP) is 0.329. The zero-order chi connectivity index (χ0) is 12.7. The van der Waals surface area contributed by atoms with Gasteiger partial charge in [0.1, 0.15) is 5.01 Å². The molecule has 1 heterocycles. The fourth-order valence-electron chi connectivity index (χ4n) is 0.868. The van der Waals surface area contributed by atoms with Crippen molar-refractivity contribution >= 4 is 29.3 Å². The Morgan fingerprint density at radius 1 is 1.53 bits per heavy atom. The van der Waals surface area contributed by atoms with Crippen molar-refractivity contribution in [3.05, 3.63) is 10.0 Å². The molecule has 0 amide bonds. The Bertz CT molecular complexity index is 430. The molecule has 7 nitrogen and oxygen atoms in total. The number of esters is 1. The lowest BCUT2D eigenvalue weighted by Crippen LogP contribution is -2.12. The van der Waals surface area contributed by atoms with Gasteiger partial charge in [-0.15, -0.1) is 10.2 Å². The molecule has 0 bridgehead atoms. The average Bonchev–Trinajstić information content (AvgIpc) is 2.71. The Labute approximate surface area is 101 Å². The third kappa shape index (κ3) is 4.27. The molecule has 1 rings (SSSR count). The third-order valence-corrected chi connectivity index (χ3v) is 2.37. The number of nitrogens with zero attached hydrogens (tertiary/aromatic N) is 3. The maximum atomic E-state index is 10.9. The number of aromatic nitrogens is 2. The molecule has 0 unspecified atom stereocenters. The van der Waals surface area contributed by atoms with Crippen LogP contribution in [0.5, 0.6) is 0 Å². The van der Waals surface area contributed by atoms with E-state index in [4.69, 9.17) is 0 Å². The second kappa shape index (κ2) is 6.69. The molecular weight excluding hydrogens is 246 g/mol. The van der Waals surface area contributed by atoms with Crippen LogP contribution in [0.15, 0.2) is 5.16 Å². The largest absolute Gasteiger partial charge is 0.463 e. The summed E-state index contributed by atoms with van der Waals surface area (Å²) in [6.45, 7) is 3.36. The van der Waals surface area contributed by atoms with Gasteiger partial charge >= 0.3 is 5.97 Å². The summed E-state index contributed by atoms with van der Waals surface area (Å²) in [4.78, 5) is 26.3. The second-order valence-electron chi connectivity index (χ2n) is 2.80. The molecule has 0 saturated heterocycles. The molecular formula is C9H11N3O4S. The van der Waals surface area contributed by atoms with Gasteiger partial charge in [-0.05, 0) is 13.8 Å². The standard InChI is InChI=1S/C9H11N3O4S/c1-3-15-8(14)5-16-12-7(4-13)9-11-10-6(2)17-9/h4H,3,5H2,1-2H3. The van der Waals surface area contributed by atoms with Crippen molar-refractivity contribution in [2.75, 3.05) is 13.2 Å². The van der Waals surface area contributed by atoms with Crippen LogP contribution >= 0.6 is 11.3 Å². The van der Waals surface area contributed by atoms with E-state index in [1.54, 1.807) is 13.8 Å². The Balaban J connectivity index is 2.56. The Morgan fingerprint density at radius 3 is 2.82 bits per heavy atom. The number of aryl methyl sites for hydroxylation is 1. The monoisotopic (exact) mass is 257 g/mol. The van der Waals surface area contributed by atoms with Gasteiger partial charge in [-0.1, -0.05) is 16.5 Å². The summed E-state index contributed by atoms with van der Waals surface area (Å²) in [7, 11) is 0. The first-order valence-corrected chi connectivity index (χ1v) is 5.60. The minimum absolute atomic E-state index is 0.0000940. The smallest absolute Gasteiger partial charge is 0.347 e. The molecule has 17 heavy (non-hydrogen) atoms. The highest BCUT2D eigenvalue weighted by molar-refractivity contribution is 7.13. The maximum absolute atomic E-state index is 10.9. The van der Waals surface area contributed by atoms with Crippen molar-refractivity contribution in [2.24, 2.45) is 5.16 Å². The number of carbonyl (C=O) groups excluding carboxylic acids is 2. The number of hydrogen-bond donors (Lipinski definition) is 0. The van der Waals surface area contributed by atoms with E-state index in [1.807, 2.05) is 0 Å². The molecule has 0 N–H and O–H groups in total. The van der Waals surface area contributed by atoms with E-state index in [0.29, 0.717) is 16.3 Å². The van der Waals surface area contributed by atoms with Crippen molar-refractivity contribution in [3.8, 4) is 0 Å². The molecule has 0 spiro atoms. The van der Waals surface area contributed by atoms with Crippen LogP contribution in [0, 0.1) is 6.92 Å². The lowest BCUT2D eigenvalue weighted by molar-refractivity contribution is -0.148. The van der Waals surface area contributed by atoms with E-state index >= 15 is 0 Å². The topological polar surface area (TPSA) is 90.7 Å². The fourth-order valence-corrected chi connectivity index (χ4v) is 1.50. The molecule has 0 aromatic carbocycles. The van der Waals surface area contributed by atoms with Crippen LogP contribution in [-0.4, -0.2) is 41.4 Å². The summed E-state index contributed by atoms with van der Waals surface area (Å²) >= 11 is 1.21. The van der Waals surface area contributed by atoms with Gasteiger partial charge < -0.3 is 9.57 Å². The number of carbonyl (C=O) groups is 2. The quantitative estimate of drug-likeness (QED) is 0.315. The predicted molar refractivity (Wildman–Crippen MR) is 59.8 cm³/mol. The Morgan fingerprint density at radius 2 is 2.29 bits per heavy atom. The van der Waals surface area contributed by atoms with Crippen LogP contribution < -0.4 is 0 Å². The van der Waals surface area contributed by atoms with Gasteiger partial charge in [0, 0.05) is 0 Å². The fraction of sp³-hybridized carbons (Fsp3) is 0.444. The zero-order valence-corrected chi connectivity index (χ0v) is 10.2. The normalized spacial score (nSPS) is 11.1. The molecule has 0 saturated carbocycles. The second-order valence-corrected chi connectivity index (χ2v) is 3.98. The first-order chi connectivity index (χ1) is 8.17. The van der Waals surface area contributed by atoms with Gasteiger partial charge in [-0.3, -0.25) is 4.79 Å². The number of hydrogen-bond acceptors (Lipinski definition) is 8. The average molecular weight is 257 g/mol. The van der Waals surface area contributed by atoms with Crippen molar-refractivity contribution in [2.45, 2.75) is 13.8 Å². The minimum atomic E-state index is -0.546. The summed E-state index contributed by atoms with van der Waals surface area (Å²) in [6.07, 6.45) is 0.491. The van der Waals surface area contributed by atoms with Gasteiger partial charge in [0.2, 0.25) is 6.61 Å². The molecule has 0 aliphatic carbocycles. The SMILES string of the molecule is CCOC(=O)CON=C(C=O)c1nnc(C)s1. The van der Waals surface area contributed by atoms with E-state index in [0.717, 1.165) is 0 Å². The van der Waals surface area contributed by atoms with Gasteiger partial charge in [0.25, 0.3) is 0 Å². The number of aldehydes is 1. The van der Waals surface area contributed by atoms with Crippen LogP contribution in [0.1, 0.15) is 16.9 Å². The zero-order valence-electron chi connectivity index (χ0n) is 9.37. The molecule has 92 valence electrons. The first-order valence-electron chi connectivity index (χ1n) is 4.78. The van der Waals surface area contributed by atoms with E-state index in [9.17, 15) is 9.59 Å². The molecule has 0 aliphatic rings. The number of ether oxygens (including phenoxy) is 1. The molecule has 1 aromatic heterocycles. The van der Waals surface area contributed by atoms with Crippen molar-refractivity contribution in [1.82, 2.24) is 10.2 Å².